The molecule has 162 valence electrons. The molecule has 3 aromatic rings. The Morgan fingerprint density at radius 3 is 2.88 bits per heavy atom. The van der Waals surface area contributed by atoms with Gasteiger partial charge in [-0.1, -0.05) is 54.6 Å². The van der Waals surface area contributed by atoms with Crippen molar-refractivity contribution < 1.29 is 9.53 Å². The number of carbonyl (C=O) groups is 1. The molecule has 3 aliphatic rings. The highest BCUT2D eigenvalue weighted by Crippen LogP contribution is 2.50. The van der Waals surface area contributed by atoms with Gasteiger partial charge in [-0.3, -0.25) is 4.79 Å². The number of allylic oxidation sites excluding steroid dienone is 2. The molecule has 1 fully saturated rings. The van der Waals surface area contributed by atoms with E-state index in [1.54, 1.807) is 0 Å². The van der Waals surface area contributed by atoms with E-state index >= 15 is 0 Å². The van der Waals surface area contributed by atoms with Crippen LogP contribution in [0.1, 0.15) is 52.7 Å². The van der Waals surface area contributed by atoms with Gasteiger partial charge in [0.2, 0.25) is 0 Å². The number of hydrogen-bond donors (Lipinski definition) is 2. The summed E-state index contributed by atoms with van der Waals surface area (Å²) in [4.78, 5) is 12.8. The maximum absolute atomic E-state index is 12.8. The number of benzene rings is 3. The zero-order valence-electron chi connectivity index (χ0n) is 18.1. The summed E-state index contributed by atoms with van der Waals surface area (Å²) < 4.78 is 5.64. The second-order valence-electron chi connectivity index (χ2n) is 9.19. The molecular formula is C28H28N2O2. The van der Waals surface area contributed by atoms with Crippen molar-refractivity contribution in [2.45, 2.75) is 37.3 Å². The molecule has 4 atom stereocenters. The van der Waals surface area contributed by atoms with Gasteiger partial charge in [0.05, 0.1) is 12.1 Å². The smallest absolute Gasteiger partial charge is 0.251 e. The van der Waals surface area contributed by atoms with E-state index < -0.39 is 0 Å². The van der Waals surface area contributed by atoms with Crippen molar-refractivity contribution in [2.24, 2.45) is 5.92 Å². The van der Waals surface area contributed by atoms with E-state index in [-0.39, 0.29) is 18.1 Å². The van der Waals surface area contributed by atoms with E-state index in [1.807, 2.05) is 6.07 Å². The molecule has 4 heteroatoms. The lowest BCUT2D eigenvalue weighted by Crippen LogP contribution is -2.32. The molecule has 0 spiro atoms. The number of anilines is 1. The molecule has 32 heavy (non-hydrogen) atoms. The van der Waals surface area contributed by atoms with Crippen LogP contribution in [0.4, 0.5) is 5.69 Å². The van der Waals surface area contributed by atoms with Crippen LogP contribution in [0, 0.1) is 5.92 Å². The van der Waals surface area contributed by atoms with Crippen molar-refractivity contribution >= 4 is 22.4 Å². The van der Waals surface area contributed by atoms with Crippen LogP contribution < -0.4 is 10.6 Å². The van der Waals surface area contributed by atoms with Crippen molar-refractivity contribution in [3.8, 4) is 0 Å². The van der Waals surface area contributed by atoms with Crippen LogP contribution in [0.2, 0.25) is 0 Å². The first kappa shape index (κ1) is 19.6. The zero-order valence-corrected chi connectivity index (χ0v) is 18.1. The first-order valence-electron chi connectivity index (χ1n) is 11.7. The largest absolute Gasteiger partial charge is 0.378 e. The van der Waals surface area contributed by atoms with E-state index in [1.165, 1.54) is 21.9 Å². The normalized spacial score (nSPS) is 25.9. The highest BCUT2D eigenvalue weighted by Gasteiger charge is 2.38. The molecule has 1 amide bonds. The van der Waals surface area contributed by atoms with Gasteiger partial charge in [0.25, 0.3) is 5.91 Å². The molecule has 1 aliphatic carbocycles. The molecule has 2 aliphatic heterocycles. The third kappa shape index (κ3) is 3.39. The molecule has 6 rings (SSSR count). The molecule has 2 heterocycles. The van der Waals surface area contributed by atoms with Gasteiger partial charge in [0.15, 0.2) is 0 Å². The summed E-state index contributed by atoms with van der Waals surface area (Å²) in [6, 6.07) is 21.6. The Morgan fingerprint density at radius 2 is 1.97 bits per heavy atom. The van der Waals surface area contributed by atoms with Gasteiger partial charge in [-0.15, -0.1) is 0 Å². The Kier molecular flexibility index (Phi) is 4.95. The Labute approximate surface area is 188 Å². The Hall–Kier alpha value is -3.11. The average molecular weight is 425 g/mol. The molecule has 0 radical (unpaired) electrons. The first-order valence-corrected chi connectivity index (χ1v) is 11.7. The fraction of sp³-hybridized carbons (Fsp3) is 0.321. The summed E-state index contributed by atoms with van der Waals surface area (Å²) in [5.74, 6) is 0.748. The molecule has 1 saturated heterocycles. The fourth-order valence-electron chi connectivity index (χ4n) is 5.68. The predicted octanol–water partition coefficient (Wildman–Crippen LogP) is 5.58. The van der Waals surface area contributed by atoms with E-state index in [0.717, 1.165) is 37.1 Å². The maximum atomic E-state index is 12.8. The predicted molar refractivity (Wildman–Crippen MR) is 128 cm³/mol. The zero-order chi connectivity index (χ0) is 21.5. The lowest BCUT2D eigenvalue weighted by atomic mass is 9.76. The minimum atomic E-state index is -0.0157. The fourth-order valence-corrected chi connectivity index (χ4v) is 5.68. The van der Waals surface area contributed by atoms with Crippen molar-refractivity contribution in [2.75, 3.05) is 18.5 Å². The summed E-state index contributed by atoms with van der Waals surface area (Å²) in [5, 5.41) is 9.48. The second-order valence-corrected chi connectivity index (χ2v) is 9.19. The van der Waals surface area contributed by atoms with E-state index in [4.69, 9.17) is 4.74 Å². The van der Waals surface area contributed by atoms with Crippen molar-refractivity contribution in [1.82, 2.24) is 5.32 Å². The van der Waals surface area contributed by atoms with Gasteiger partial charge in [0, 0.05) is 30.3 Å². The Morgan fingerprint density at radius 1 is 1.06 bits per heavy atom. The summed E-state index contributed by atoms with van der Waals surface area (Å²) in [6.45, 7) is 1.39. The van der Waals surface area contributed by atoms with Gasteiger partial charge in [-0.2, -0.15) is 0 Å². The number of amides is 1. The molecule has 3 aromatic carbocycles. The van der Waals surface area contributed by atoms with Crippen molar-refractivity contribution in [3.05, 3.63) is 89.5 Å². The van der Waals surface area contributed by atoms with Gasteiger partial charge in [0.1, 0.15) is 0 Å². The van der Waals surface area contributed by atoms with Crippen LogP contribution >= 0.6 is 0 Å². The summed E-state index contributed by atoms with van der Waals surface area (Å²) in [7, 11) is 0. The molecular weight excluding hydrogens is 396 g/mol. The van der Waals surface area contributed by atoms with Crippen molar-refractivity contribution in [1.29, 1.82) is 0 Å². The van der Waals surface area contributed by atoms with E-state index in [2.05, 4.69) is 77.4 Å². The van der Waals surface area contributed by atoms with Crippen LogP contribution in [0.25, 0.3) is 10.8 Å². The lowest BCUT2D eigenvalue weighted by Gasteiger charge is -2.38. The maximum Gasteiger partial charge on any atom is 0.251 e. The van der Waals surface area contributed by atoms with Gasteiger partial charge in [-0.05, 0) is 65.3 Å². The van der Waals surface area contributed by atoms with Crippen LogP contribution in [-0.4, -0.2) is 25.2 Å². The third-order valence-corrected chi connectivity index (χ3v) is 7.30. The van der Waals surface area contributed by atoms with Crippen LogP contribution in [0.3, 0.4) is 0 Å². The third-order valence-electron chi connectivity index (χ3n) is 7.30. The highest BCUT2D eigenvalue weighted by atomic mass is 16.5. The monoisotopic (exact) mass is 424 g/mol. The standard InChI is InChI=1S/C28H28N2O2/c31-28(29-17-20-8-5-15-32-20)19-13-14-26-25(16-19)22-10-4-12-24(22)27(30-26)23-11-3-7-18-6-1-2-9-21(18)23/h1-4,6-7,9-11,13-14,16,20,22,24,27,30H,5,8,12,15,17H2,(H,29,31). The summed E-state index contributed by atoms with van der Waals surface area (Å²) in [5.41, 5.74) is 4.44. The lowest BCUT2D eigenvalue weighted by molar-refractivity contribution is 0.0857. The number of ether oxygens (including phenoxy) is 1. The molecule has 0 aromatic heterocycles. The van der Waals surface area contributed by atoms with Crippen LogP contribution in [0.5, 0.6) is 0 Å². The Balaban J connectivity index is 1.30. The molecule has 2 N–H and O–H groups in total. The second kappa shape index (κ2) is 8.10. The minimum Gasteiger partial charge on any atom is -0.378 e. The van der Waals surface area contributed by atoms with Gasteiger partial charge in [-0.25, -0.2) is 0 Å². The van der Waals surface area contributed by atoms with Crippen molar-refractivity contribution in [3.63, 3.8) is 0 Å². The molecule has 0 saturated carbocycles. The highest BCUT2D eigenvalue weighted by molar-refractivity contribution is 5.95. The van der Waals surface area contributed by atoms with Crippen LogP contribution in [0.15, 0.2) is 72.8 Å². The SMILES string of the molecule is O=C(NCC1CCCO1)c1ccc2c(c1)C1C=CCC1C(c1cccc3ccccc13)N2. The van der Waals surface area contributed by atoms with E-state index in [0.29, 0.717) is 18.4 Å². The number of rotatable bonds is 4. The topological polar surface area (TPSA) is 50.4 Å². The number of fused-ring (bicyclic) bond motifs is 4. The minimum absolute atomic E-state index is 0.0157. The average Bonchev–Trinajstić information content (AvgIpc) is 3.54. The van der Waals surface area contributed by atoms with Gasteiger partial charge < -0.3 is 15.4 Å². The molecule has 0 bridgehead atoms. The van der Waals surface area contributed by atoms with Crippen LogP contribution in [-0.2, 0) is 4.74 Å². The quantitative estimate of drug-likeness (QED) is 0.538. The first-order chi connectivity index (χ1) is 15.8. The number of nitrogens with one attached hydrogen (secondary N) is 2. The molecule has 4 nitrogen and oxygen atoms in total. The summed E-state index contributed by atoms with van der Waals surface area (Å²) >= 11 is 0. The summed E-state index contributed by atoms with van der Waals surface area (Å²) in [6.07, 6.45) is 7.93. The van der Waals surface area contributed by atoms with Gasteiger partial charge >= 0.3 is 0 Å². The molecule has 4 unspecified atom stereocenters. The number of carbonyl (C=O) groups excluding carboxylic acids is 1. The Bertz CT molecular complexity index is 1190. The number of hydrogen-bond acceptors (Lipinski definition) is 3. The van der Waals surface area contributed by atoms with E-state index in [9.17, 15) is 4.79 Å².